The van der Waals surface area contributed by atoms with E-state index in [1.165, 1.54) is 6.33 Å². The van der Waals surface area contributed by atoms with Crippen LogP contribution in [0.3, 0.4) is 0 Å². The maximum Gasteiger partial charge on any atom is 0.394 e. The lowest BCUT2D eigenvalue weighted by Gasteiger charge is -2.27. The second-order valence-corrected chi connectivity index (χ2v) is 11.1. The molecule has 2 aliphatic heterocycles. The Bertz CT molecular complexity index is 1290. The Morgan fingerprint density at radius 2 is 1.65 bits per heavy atom. The van der Waals surface area contributed by atoms with Gasteiger partial charge in [-0.25, -0.2) is 20.8 Å². The quantitative estimate of drug-likeness (QED) is 0.123. The molecule has 230 valence electrons. The molecule has 0 spiro atoms. The zero-order chi connectivity index (χ0) is 30.5. The van der Waals surface area contributed by atoms with E-state index in [-0.39, 0.29) is 18.3 Å². The van der Waals surface area contributed by atoms with Crippen molar-refractivity contribution < 1.29 is 54.1 Å². The fourth-order valence-corrected chi connectivity index (χ4v) is 4.32. The van der Waals surface area contributed by atoms with Crippen LogP contribution in [0.2, 0.25) is 0 Å². The first-order valence-corrected chi connectivity index (χ1v) is 14.5. The maximum absolute atomic E-state index is 8.74. The molecule has 0 radical (unpaired) electrons. The van der Waals surface area contributed by atoms with Crippen molar-refractivity contribution in [2.45, 2.75) is 63.9 Å². The number of hydrogen-bond acceptors (Lipinski definition) is 14. The molecule has 19 nitrogen and oxygen atoms in total. The predicted octanol–water partition coefficient (Wildman–Crippen LogP) is -0.569. The van der Waals surface area contributed by atoms with Gasteiger partial charge in [-0.3, -0.25) is 22.8 Å². The molecule has 2 aliphatic rings. The number of aryl methyl sites for hydroxylation is 1. The largest absolute Gasteiger partial charge is 0.394 e. The fraction of sp³-hybridized carbons (Fsp3) is 0.737. The zero-order valence-corrected chi connectivity index (χ0v) is 23.8. The molecular weight excluding hydrogens is 582 g/mol. The van der Waals surface area contributed by atoms with Crippen molar-refractivity contribution in [2.75, 3.05) is 32.5 Å². The maximum atomic E-state index is 8.74. The lowest BCUT2D eigenvalue weighted by molar-refractivity contribution is -0.197. The fourth-order valence-electron chi connectivity index (χ4n) is 4.32. The average molecular weight is 618 g/mol. The number of rotatable bonds is 8. The third-order valence-corrected chi connectivity index (χ3v) is 5.61. The molecule has 2 aromatic rings. The molecule has 4 atom stereocenters. The lowest BCUT2D eigenvalue weighted by Crippen LogP contribution is -2.38. The molecule has 2 saturated heterocycles. The first-order chi connectivity index (χ1) is 18.3. The molecule has 0 unspecified atom stereocenters. The number of ether oxygens (including phenoxy) is 3. The highest BCUT2D eigenvalue weighted by Gasteiger charge is 2.56. The Labute approximate surface area is 230 Å². The first-order valence-electron chi connectivity index (χ1n) is 11.7. The van der Waals surface area contributed by atoms with Gasteiger partial charge in [0.2, 0.25) is 0 Å². The lowest BCUT2D eigenvalue weighted by atomic mass is 10.1. The van der Waals surface area contributed by atoms with Gasteiger partial charge in [0.1, 0.15) is 30.5 Å². The normalized spacial score (nSPS) is 23.9. The van der Waals surface area contributed by atoms with E-state index in [2.05, 4.69) is 31.7 Å². The van der Waals surface area contributed by atoms with Gasteiger partial charge >= 0.3 is 20.8 Å². The molecule has 8 N–H and O–H groups in total. The average Bonchev–Trinajstić information content (AvgIpc) is 3.38. The highest BCUT2D eigenvalue weighted by molar-refractivity contribution is 7.80. The number of hydrogen-bond donors (Lipinski definition) is 6. The van der Waals surface area contributed by atoms with Crippen molar-refractivity contribution in [3.05, 3.63) is 12.2 Å². The number of nitrogens with zero attached hydrogens (tertiary/aromatic N) is 5. The highest BCUT2D eigenvalue weighted by Crippen LogP contribution is 2.44. The van der Waals surface area contributed by atoms with Crippen molar-refractivity contribution >= 4 is 37.8 Å². The van der Waals surface area contributed by atoms with E-state index in [1.807, 2.05) is 25.3 Å². The van der Waals surface area contributed by atoms with Gasteiger partial charge < -0.3 is 29.7 Å². The zero-order valence-electron chi connectivity index (χ0n) is 22.2. The summed E-state index contributed by atoms with van der Waals surface area (Å²) in [6.45, 7) is 7.93. The Balaban J connectivity index is 0.000000482. The number of likely N-dealkylation sites (N-methyl/N-ethyl adjacent to an activating group) is 1. The van der Waals surface area contributed by atoms with Gasteiger partial charge in [0.05, 0.1) is 6.61 Å². The van der Waals surface area contributed by atoms with Crippen molar-refractivity contribution in [3.8, 4) is 0 Å². The summed E-state index contributed by atoms with van der Waals surface area (Å²) in [6.07, 6.45) is 2.28. The summed E-state index contributed by atoms with van der Waals surface area (Å²) in [5.41, 5.74) is 7.20. The van der Waals surface area contributed by atoms with Crippen LogP contribution in [-0.4, -0.2) is 110 Å². The number of imidazole rings is 1. The minimum Gasteiger partial charge on any atom is -0.382 e. The second kappa shape index (κ2) is 13.7. The number of unbranched alkanes of at least 4 members (excludes halogenated alkanes) is 1. The molecule has 4 rings (SSSR count). The van der Waals surface area contributed by atoms with Crippen molar-refractivity contribution in [2.24, 2.45) is 5.90 Å². The Kier molecular flexibility index (Phi) is 11.6. The standard InChI is InChI=1S/C19H31N7O4.2H2O4S/c1-11-24-13-16(20)22-10-23-17(13)26(11)18-15-14(29-19(2,3)30-15)12(28-18)9-25(4)7-5-6-8-27-21;2*1-5(2,3)4/h10,12,14-15,18H,5-9,21H2,1-4H3,(H2,20,22,23);2*(H2,1,2,3,4)/t12-,14-,15-,18-;;/m1../s1. The van der Waals surface area contributed by atoms with E-state index in [0.717, 1.165) is 25.2 Å². The smallest absolute Gasteiger partial charge is 0.382 e. The van der Waals surface area contributed by atoms with E-state index in [1.54, 1.807) is 0 Å². The summed E-state index contributed by atoms with van der Waals surface area (Å²) in [5.74, 6) is 5.49. The topological polar surface area (TPSA) is 285 Å². The van der Waals surface area contributed by atoms with Gasteiger partial charge in [-0.15, -0.1) is 0 Å². The van der Waals surface area contributed by atoms with Crippen molar-refractivity contribution in [1.29, 1.82) is 0 Å². The molecule has 4 heterocycles. The molecule has 2 fully saturated rings. The molecule has 0 amide bonds. The molecule has 0 aliphatic carbocycles. The number of aromatic nitrogens is 4. The van der Waals surface area contributed by atoms with Crippen molar-refractivity contribution in [3.63, 3.8) is 0 Å². The summed E-state index contributed by atoms with van der Waals surface area (Å²) < 4.78 is 84.1. The predicted molar refractivity (Wildman–Crippen MR) is 137 cm³/mol. The van der Waals surface area contributed by atoms with Gasteiger partial charge in [0, 0.05) is 6.54 Å². The van der Waals surface area contributed by atoms with Crippen LogP contribution < -0.4 is 11.6 Å². The van der Waals surface area contributed by atoms with E-state index >= 15 is 0 Å². The molecule has 0 saturated carbocycles. The van der Waals surface area contributed by atoms with Crippen LogP contribution in [-0.2, 0) is 39.8 Å². The summed E-state index contributed by atoms with van der Waals surface area (Å²) in [6, 6.07) is 0. The molecule has 2 aromatic heterocycles. The van der Waals surface area contributed by atoms with Crippen LogP contribution >= 0.6 is 0 Å². The van der Waals surface area contributed by atoms with Crippen LogP contribution in [0.25, 0.3) is 11.2 Å². The Morgan fingerprint density at radius 3 is 2.23 bits per heavy atom. The second-order valence-electron chi connectivity index (χ2n) is 9.33. The van der Waals surface area contributed by atoms with Gasteiger partial charge in [-0.05, 0) is 47.2 Å². The van der Waals surface area contributed by atoms with Crippen LogP contribution in [0.5, 0.6) is 0 Å². The van der Waals surface area contributed by atoms with Crippen molar-refractivity contribution in [1.82, 2.24) is 24.4 Å². The van der Waals surface area contributed by atoms with E-state index in [4.69, 9.17) is 60.9 Å². The summed E-state index contributed by atoms with van der Waals surface area (Å²) >= 11 is 0. The SMILES string of the molecule is Cc1nc2c(N)ncnc2n1[C@@H]1O[C@H](CN(C)CCCCON)[C@H]2OC(C)(C)O[C@H]21.O=S(=O)(O)O.O=S(=O)(O)O. The molecule has 21 heteroatoms. The molecular formula is C19H35N7O12S2. The minimum absolute atomic E-state index is 0.159. The Hall–Kier alpha value is -2.15. The molecule has 0 bridgehead atoms. The summed E-state index contributed by atoms with van der Waals surface area (Å²) in [7, 11) is -7.26. The van der Waals surface area contributed by atoms with Gasteiger partial charge in [-0.2, -0.15) is 16.8 Å². The van der Waals surface area contributed by atoms with E-state index in [0.29, 0.717) is 30.1 Å². The van der Waals surface area contributed by atoms with E-state index in [9.17, 15) is 0 Å². The Morgan fingerprint density at radius 1 is 1.07 bits per heavy atom. The number of fused-ring (bicyclic) bond motifs is 2. The molecule has 40 heavy (non-hydrogen) atoms. The summed E-state index contributed by atoms with van der Waals surface area (Å²) in [4.78, 5) is 19.9. The van der Waals surface area contributed by atoms with E-state index < -0.39 is 32.8 Å². The number of nitrogen functional groups attached to an aromatic ring is 1. The van der Waals surface area contributed by atoms with Gasteiger partial charge in [0.25, 0.3) is 0 Å². The number of anilines is 1. The van der Waals surface area contributed by atoms with Crippen LogP contribution in [0.15, 0.2) is 6.33 Å². The van der Waals surface area contributed by atoms with Crippen LogP contribution in [0, 0.1) is 6.92 Å². The monoisotopic (exact) mass is 617 g/mol. The third kappa shape index (κ3) is 10.7. The number of nitrogens with two attached hydrogens (primary N) is 2. The summed E-state index contributed by atoms with van der Waals surface area (Å²) in [5, 5.41) is 0. The molecule has 0 aromatic carbocycles. The van der Waals surface area contributed by atoms with Crippen LogP contribution in [0.4, 0.5) is 5.82 Å². The first kappa shape index (κ1) is 34.1. The highest BCUT2D eigenvalue weighted by atomic mass is 32.3. The van der Waals surface area contributed by atoms with Crippen LogP contribution in [0.1, 0.15) is 38.7 Å². The van der Waals surface area contributed by atoms with Gasteiger partial charge in [-0.1, -0.05) is 0 Å². The van der Waals surface area contributed by atoms with Gasteiger partial charge in [0.15, 0.2) is 29.0 Å². The minimum atomic E-state index is -4.67. The third-order valence-electron chi connectivity index (χ3n) is 5.61.